The minimum absolute atomic E-state index is 0.353. The molecule has 0 fully saturated rings. The van der Waals surface area contributed by atoms with Crippen molar-refractivity contribution in [3.63, 3.8) is 0 Å². The fourth-order valence-electron chi connectivity index (χ4n) is 2.53. The quantitative estimate of drug-likeness (QED) is 0.579. The van der Waals surface area contributed by atoms with Gasteiger partial charge in [-0.3, -0.25) is 4.79 Å². The molecule has 2 aromatic rings. The van der Waals surface area contributed by atoms with Crippen LogP contribution in [0.3, 0.4) is 0 Å². The zero-order chi connectivity index (χ0) is 18.9. The smallest absolute Gasteiger partial charge is 0.271 e. The van der Waals surface area contributed by atoms with Crippen molar-refractivity contribution in [3.05, 3.63) is 53.6 Å². The minimum Gasteiger partial charge on any atom is -0.493 e. The minimum atomic E-state index is -0.353. The Bertz CT molecular complexity index is 748. The number of ether oxygens (including phenoxy) is 3. The molecule has 26 heavy (non-hydrogen) atoms. The van der Waals surface area contributed by atoms with E-state index in [9.17, 15) is 4.79 Å². The standard InChI is InChI=1S/C20H24N2O4/c1-5-9-16(14-10-7-6-8-11-14)21-22-20(23)15-12-17(24-2)19(26-4)18(13-15)25-3/h6-8,10-13H,5,9H2,1-4H3,(H,22,23). The number of carbonyl (C=O) groups is 1. The van der Waals surface area contributed by atoms with Crippen LogP contribution in [0.2, 0.25) is 0 Å². The van der Waals surface area contributed by atoms with E-state index in [1.807, 2.05) is 30.3 Å². The lowest BCUT2D eigenvalue weighted by molar-refractivity contribution is 0.0954. The summed E-state index contributed by atoms with van der Waals surface area (Å²) in [6.45, 7) is 2.07. The topological polar surface area (TPSA) is 69.2 Å². The molecular formula is C20H24N2O4. The number of hydrogen-bond acceptors (Lipinski definition) is 5. The van der Waals surface area contributed by atoms with Gasteiger partial charge in [-0.05, 0) is 24.1 Å². The normalized spacial score (nSPS) is 11.0. The Labute approximate surface area is 153 Å². The van der Waals surface area contributed by atoms with Crippen LogP contribution >= 0.6 is 0 Å². The number of hydrogen-bond donors (Lipinski definition) is 1. The fraction of sp³-hybridized carbons (Fsp3) is 0.300. The second-order valence-electron chi connectivity index (χ2n) is 5.53. The van der Waals surface area contributed by atoms with Gasteiger partial charge in [-0.15, -0.1) is 0 Å². The first-order valence-electron chi connectivity index (χ1n) is 8.36. The van der Waals surface area contributed by atoms with Crippen molar-refractivity contribution >= 4 is 11.6 Å². The van der Waals surface area contributed by atoms with Crippen LogP contribution < -0.4 is 19.6 Å². The summed E-state index contributed by atoms with van der Waals surface area (Å²) in [5.41, 5.74) is 4.80. The summed E-state index contributed by atoms with van der Waals surface area (Å²) >= 11 is 0. The summed E-state index contributed by atoms with van der Waals surface area (Å²) in [6, 6.07) is 13.0. The molecule has 0 aliphatic rings. The number of carbonyl (C=O) groups excluding carboxylic acids is 1. The molecule has 0 bridgehead atoms. The number of methoxy groups -OCH3 is 3. The van der Waals surface area contributed by atoms with E-state index >= 15 is 0 Å². The average molecular weight is 356 g/mol. The van der Waals surface area contributed by atoms with E-state index in [1.54, 1.807) is 12.1 Å². The third-order valence-electron chi connectivity index (χ3n) is 3.81. The first kappa shape index (κ1) is 19.3. The molecule has 0 radical (unpaired) electrons. The molecule has 6 heteroatoms. The van der Waals surface area contributed by atoms with Gasteiger partial charge in [-0.25, -0.2) is 5.43 Å². The summed E-state index contributed by atoms with van der Waals surface area (Å²) in [5.74, 6) is 0.912. The molecule has 0 atom stereocenters. The molecule has 0 aromatic heterocycles. The Morgan fingerprint density at radius 1 is 0.962 bits per heavy atom. The van der Waals surface area contributed by atoms with Crippen molar-refractivity contribution in [1.82, 2.24) is 5.43 Å². The molecule has 0 spiro atoms. The third kappa shape index (κ3) is 4.53. The van der Waals surface area contributed by atoms with E-state index in [4.69, 9.17) is 14.2 Å². The lowest BCUT2D eigenvalue weighted by atomic mass is 10.1. The van der Waals surface area contributed by atoms with Crippen LogP contribution in [0.1, 0.15) is 35.7 Å². The molecule has 138 valence electrons. The Morgan fingerprint density at radius 3 is 2.08 bits per heavy atom. The van der Waals surface area contributed by atoms with Crippen molar-refractivity contribution in [1.29, 1.82) is 0 Å². The highest BCUT2D eigenvalue weighted by molar-refractivity contribution is 6.02. The Morgan fingerprint density at radius 2 is 1.58 bits per heavy atom. The lowest BCUT2D eigenvalue weighted by Crippen LogP contribution is -2.20. The molecule has 2 aromatic carbocycles. The van der Waals surface area contributed by atoms with E-state index in [0.717, 1.165) is 24.1 Å². The van der Waals surface area contributed by atoms with Gasteiger partial charge in [0.05, 0.1) is 27.0 Å². The number of benzene rings is 2. The Balaban J connectivity index is 2.28. The highest BCUT2D eigenvalue weighted by Crippen LogP contribution is 2.38. The monoisotopic (exact) mass is 356 g/mol. The van der Waals surface area contributed by atoms with E-state index < -0.39 is 0 Å². The maximum Gasteiger partial charge on any atom is 0.271 e. The van der Waals surface area contributed by atoms with Crippen molar-refractivity contribution in [2.75, 3.05) is 21.3 Å². The fourth-order valence-corrected chi connectivity index (χ4v) is 2.53. The van der Waals surface area contributed by atoms with Crippen molar-refractivity contribution in [3.8, 4) is 17.2 Å². The number of nitrogens with one attached hydrogen (secondary N) is 1. The maximum absolute atomic E-state index is 12.6. The van der Waals surface area contributed by atoms with Gasteiger partial charge < -0.3 is 14.2 Å². The van der Waals surface area contributed by atoms with Crippen LogP contribution in [-0.4, -0.2) is 32.9 Å². The molecule has 0 saturated heterocycles. The number of rotatable bonds is 8. The van der Waals surface area contributed by atoms with E-state index in [2.05, 4.69) is 17.5 Å². The molecule has 6 nitrogen and oxygen atoms in total. The summed E-state index contributed by atoms with van der Waals surface area (Å²) in [5, 5.41) is 4.32. The predicted molar refractivity (Wildman–Crippen MR) is 101 cm³/mol. The van der Waals surface area contributed by atoms with Gasteiger partial charge >= 0.3 is 0 Å². The summed E-state index contributed by atoms with van der Waals surface area (Å²) in [4.78, 5) is 12.6. The van der Waals surface area contributed by atoms with E-state index in [0.29, 0.717) is 22.8 Å². The third-order valence-corrected chi connectivity index (χ3v) is 3.81. The largest absolute Gasteiger partial charge is 0.493 e. The summed E-state index contributed by atoms with van der Waals surface area (Å²) < 4.78 is 15.8. The van der Waals surface area contributed by atoms with Crippen LogP contribution in [0.25, 0.3) is 0 Å². The van der Waals surface area contributed by atoms with Crippen LogP contribution in [0.4, 0.5) is 0 Å². The van der Waals surface area contributed by atoms with Crippen molar-refractivity contribution in [2.24, 2.45) is 5.10 Å². The first-order chi connectivity index (χ1) is 12.6. The molecule has 1 amide bonds. The zero-order valence-electron chi connectivity index (χ0n) is 15.5. The number of nitrogens with zero attached hydrogens (tertiary/aromatic N) is 1. The average Bonchev–Trinajstić information content (AvgIpc) is 2.70. The second-order valence-corrected chi connectivity index (χ2v) is 5.53. The van der Waals surface area contributed by atoms with E-state index in [1.165, 1.54) is 21.3 Å². The predicted octanol–water partition coefficient (Wildman–Crippen LogP) is 3.65. The molecule has 0 heterocycles. The highest BCUT2D eigenvalue weighted by Gasteiger charge is 2.17. The molecule has 0 saturated carbocycles. The summed E-state index contributed by atoms with van der Waals surface area (Å²) in [7, 11) is 4.53. The van der Waals surface area contributed by atoms with Gasteiger partial charge in [0.2, 0.25) is 5.75 Å². The lowest BCUT2D eigenvalue weighted by Gasteiger charge is -2.13. The van der Waals surface area contributed by atoms with Gasteiger partial charge in [-0.1, -0.05) is 43.7 Å². The molecule has 1 N–H and O–H groups in total. The van der Waals surface area contributed by atoms with Crippen molar-refractivity contribution < 1.29 is 19.0 Å². The van der Waals surface area contributed by atoms with Gasteiger partial charge in [0.1, 0.15) is 0 Å². The second kappa shape index (κ2) is 9.46. The zero-order valence-corrected chi connectivity index (χ0v) is 15.5. The molecule has 0 aliphatic heterocycles. The van der Waals surface area contributed by atoms with Crippen molar-refractivity contribution in [2.45, 2.75) is 19.8 Å². The first-order valence-corrected chi connectivity index (χ1v) is 8.36. The van der Waals surface area contributed by atoms with Crippen LogP contribution in [0.5, 0.6) is 17.2 Å². The van der Waals surface area contributed by atoms with Gasteiger partial charge in [0.15, 0.2) is 11.5 Å². The van der Waals surface area contributed by atoms with Gasteiger partial charge in [0.25, 0.3) is 5.91 Å². The Kier molecular flexibility index (Phi) is 7.02. The molecule has 2 rings (SSSR count). The number of amides is 1. The highest BCUT2D eigenvalue weighted by atomic mass is 16.5. The molecule has 0 unspecified atom stereocenters. The molecule has 0 aliphatic carbocycles. The van der Waals surface area contributed by atoms with Gasteiger partial charge in [-0.2, -0.15) is 5.10 Å². The maximum atomic E-state index is 12.6. The molecular weight excluding hydrogens is 332 g/mol. The van der Waals surface area contributed by atoms with Crippen LogP contribution in [-0.2, 0) is 0 Å². The Hall–Kier alpha value is -3.02. The summed E-state index contributed by atoms with van der Waals surface area (Å²) in [6.07, 6.45) is 1.69. The van der Waals surface area contributed by atoms with Gasteiger partial charge in [0, 0.05) is 5.56 Å². The number of hydrazone groups is 1. The van der Waals surface area contributed by atoms with E-state index in [-0.39, 0.29) is 5.91 Å². The van der Waals surface area contributed by atoms with Crippen LogP contribution in [0, 0.1) is 0 Å². The van der Waals surface area contributed by atoms with Crippen LogP contribution in [0.15, 0.2) is 47.6 Å². The SMILES string of the molecule is CCCC(=NNC(=O)c1cc(OC)c(OC)c(OC)c1)c1ccccc1.